The average Bonchev–Trinajstić information content (AvgIpc) is 2.66. The Labute approximate surface area is 99.3 Å². The van der Waals surface area contributed by atoms with Crippen molar-refractivity contribution in [3.63, 3.8) is 0 Å². The van der Waals surface area contributed by atoms with Crippen molar-refractivity contribution in [1.82, 2.24) is 4.90 Å². The standard InChI is InChI=1S/C14H25NO/c1-12(16)10-14-8-5-9-15(14)11-13-6-3-2-4-7-13/h2-3,12-14,16H,4-11H2,1H3. The van der Waals surface area contributed by atoms with Gasteiger partial charge >= 0.3 is 0 Å². The second-order valence-electron chi connectivity index (χ2n) is 5.53. The molecule has 1 aliphatic carbocycles. The second kappa shape index (κ2) is 5.83. The minimum absolute atomic E-state index is 0.142. The summed E-state index contributed by atoms with van der Waals surface area (Å²) in [6.45, 7) is 4.42. The lowest BCUT2D eigenvalue weighted by molar-refractivity contribution is 0.123. The number of hydrogen-bond acceptors (Lipinski definition) is 2. The van der Waals surface area contributed by atoms with Crippen molar-refractivity contribution in [3.05, 3.63) is 12.2 Å². The Morgan fingerprint density at radius 3 is 2.94 bits per heavy atom. The molecule has 3 unspecified atom stereocenters. The van der Waals surface area contributed by atoms with E-state index >= 15 is 0 Å². The normalized spacial score (nSPS) is 33.1. The SMILES string of the molecule is CC(O)CC1CCCN1CC1CC=CCC1. The Balaban J connectivity index is 1.80. The first-order valence-corrected chi connectivity index (χ1v) is 6.83. The number of aliphatic hydroxyl groups excluding tert-OH is 1. The molecule has 2 rings (SSSR count). The molecule has 3 atom stereocenters. The van der Waals surface area contributed by atoms with Gasteiger partial charge in [-0.05, 0) is 57.9 Å². The van der Waals surface area contributed by atoms with E-state index < -0.39 is 0 Å². The highest BCUT2D eigenvalue weighted by Crippen LogP contribution is 2.26. The zero-order chi connectivity index (χ0) is 11.4. The van der Waals surface area contributed by atoms with Crippen LogP contribution < -0.4 is 0 Å². The lowest BCUT2D eigenvalue weighted by Gasteiger charge is -2.30. The quantitative estimate of drug-likeness (QED) is 0.740. The monoisotopic (exact) mass is 223 g/mol. The molecule has 0 radical (unpaired) electrons. The minimum Gasteiger partial charge on any atom is -0.393 e. The third-order valence-corrected chi connectivity index (χ3v) is 3.98. The molecule has 0 spiro atoms. The van der Waals surface area contributed by atoms with Crippen LogP contribution in [0.5, 0.6) is 0 Å². The van der Waals surface area contributed by atoms with Gasteiger partial charge in [-0.25, -0.2) is 0 Å². The lowest BCUT2D eigenvalue weighted by Crippen LogP contribution is -2.36. The van der Waals surface area contributed by atoms with Crippen molar-refractivity contribution in [1.29, 1.82) is 0 Å². The third kappa shape index (κ3) is 3.33. The molecule has 0 aromatic carbocycles. The molecule has 92 valence electrons. The third-order valence-electron chi connectivity index (χ3n) is 3.98. The van der Waals surface area contributed by atoms with E-state index in [1.54, 1.807) is 0 Å². The molecule has 1 saturated heterocycles. The van der Waals surface area contributed by atoms with Crippen molar-refractivity contribution >= 4 is 0 Å². The molecule has 1 N–H and O–H groups in total. The average molecular weight is 223 g/mol. The van der Waals surface area contributed by atoms with Crippen LogP contribution in [0.3, 0.4) is 0 Å². The zero-order valence-electron chi connectivity index (χ0n) is 10.4. The molecule has 1 heterocycles. The first-order valence-electron chi connectivity index (χ1n) is 6.83. The van der Waals surface area contributed by atoms with E-state index in [0.717, 1.165) is 12.3 Å². The van der Waals surface area contributed by atoms with E-state index in [0.29, 0.717) is 6.04 Å². The number of hydrogen-bond donors (Lipinski definition) is 1. The maximum absolute atomic E-state index is 9.50. The molecule has 0 bridgehead atoms. The first kappa shape index (κ1) is 12.1. The summed E-state index contributed by atoms with van der Waals surface area (Å²) in [5.74, 6) is 0.861. The van der Waals surface area contributed by atoms with Gasteiger partial charge in [0.25, 0.3) is 0 Å². The zero-order valence-corrected chi connectivity index (χ0v) is 10.4. The van der Waals surface area contributed by atoms with E-state index in [1.807, 2.05) is 6.92 Å². The van der Waals surface area contributed by atoms with Crippen LogP contribution in [-0.2, 0) is 0 Å². The van der Waals surface area contributed by atoms with Crippen LogP contribution in [0.2, 0.25) is 0 Å². The van der Waals surface area contributed by atoms with Gasteiger partial charge in [0.2, 0.25) is 0 Å². The Morgan fingerprint density at radius 2 is 2.25 bits per heavy atom. The first-order chi connectivity index (χ1) is 7.75. The van der Waals surface area contributed by atoms with Gasteiger partial charge in [-0.3, -0.25) is 0 Å². The van der Waals surface area contributed by atoms with Crippen molar-refractivity contribution < 1.29 is 5.11 Å². The van der Waals surface area contributed by atoms with E-state index in [-0.39, 0.29) is 6.10 Å². The Kier molecular flexibility index (Phi) is 4.42. The highest BCUT2D eigenvalue weighted by atomic mass is 16.3. The topological polar surface area (TPSA) is 23.5 Å². The van der Waals surface area contributed by atoms with Crippen LogP contribution in [0, 0.1) is 5.92 Å². The van der Waals surface area contributed by atoms with Gasteiger partial charge in [-0.1, -0.05) is 12.2 Å². The molecular formula is C14H25NO. The minimum atomic E-state index is -0.142. The Morgan fingerprint density at radius 1 is 1.38 bits per heavy atom. The fourth-order valence-corrected chi connectivity index (χ4v) is 3.15. The van der Waals surface area contributed by atoms with Gasteiger partial charge < -0.3 is 10.0 Å². The van der Waals surface area contributed by atoms with Gasteiger partial charge in [-0.15, -0.1) is 0 Å². The summed E-state index contributed by atoms with van der Waals surface area (Å²) >= 11 is 0. The van der Waals surface area contributed by atoms with Crippen molar-refractivity contribution in [2.45, 2.75) is 57.6 Å². The molecule has 1 aliphatic heterocycles. The lowest BCUT2D eigenvalue weighted by atomic mass is 9.93. The van der Waals surface area contributed by atoms with E-state index in [4.69, 9.17) is 0 Å². The van der Waals surface area contributed by atoms with E-state index in [9.17, 15) is 5.11 Å². The summed E-state index contributed by atoms with van der Waals surface area (Å²) in [4.78, 5) is 2.62. The number of likely N-dealkylation sites (tertiary alicyclic amines) is 1. The number of aliphatic hydroxyl groups is 1. The van der Waals surface area contributed by atoms with Crippen LogP contribution in [0.25, 0.3) is 0 Å². The van der Waals surface area contributed by atoms with Crippen molar-refractivity contribution in [3.8, 4) is 0 Å². The molecule has 0 aromatic heterocycles. The molecule has 1 fully saturated rings. The Bertz CT molecular complexity index is 237. The molecule has 16 heavy (non-hydrogen) atoms. The maximum atomic E-state index is 9.50. The smallest absolute Gasteiger partial charge is 0.0527 e. The predicted octanol–water partition coefficient (Wildman–Crippen LogP) is 2.58. The molecule has 2 heteroatoms. The summed E-state index contributed by atoms with van der Waals surface area (Å²) in [7, 11) is 0. The van der Waals surface area contributed by atoms with Crippen LogP contribution in [0.15, 0.2) is 12.2 Å². The van der Waals surface area contributed by atoms with Gasteiger partial charge in [-0.2, -0.15) is 0 Å². The van der Waals surface area contributed by atoms with Gasteiger partial charge in [0.05, 0.1) is 6.10 Å². The van der Waals surface area contributed by atoms with Crippen LogP contribution >= 0.6 is 0 Å². The number of rotatable bonds is 4. The van der Waals surface area contributed by atoms with Crippen LogP contribution in [-0.4, -0.2) is 35.2 Å². The number of allylic oxidation sites excluding steroid dienone is 2. The predicted molar refractivity (Wildman–Crippen MR) is 67.4 cm³/mol. The summed E-state index contributed by atoms with van der Waals surface area (Å²) in [6, 6.07) is 0.644. The van der Waals surface area contributed by atoms with E-state index in [2.05, 4.69) is 17.1 Å². The van der Waals surface area contributed by atoms with Crippen molar-refractivity contribution in [2.24, 2.45) is 5.92 Å². The molecule has 0 saturated carbocycles. The van der Waals surface area contributed by atoms with Crippen molar-refractivity contribution in [2.75, 3.05) is 13.1 Å². The summed E-state index contributed by atoms with van der Waals surface area (Å²) < 4.78 is 0. The molecular weight excluding hydrogens is 198 g/mol. The van der Waals surface area contributed by atoms with Crippen LogP contribution in [0.4, 0.5) is 0 Å². The summed E-state index contributed by atoms with van der Waals surface area (Å²) in [5.41, 5.74) is 0. The maximum Gasteiger partial charge on any atom is 0.0527 e. The van der Waals surface area contributed by atoms with Crippen LogP contribution in [0.1, 0.15) is 45.4 Å². The van der Waals surface area contributed by atoms with Gasteiger partial charge in [0, 0.05) is 12.6 Å². The van der Waals surface area contributed by atoms with Gasteiger partial charge in [0.1, 0.15) is 0 Å². The Hall–Kier alpha value is -0.340. The second-order valence-corrected chi connectivity index (χ2v) is 5.53. The number of nitrogens with zero attached hydrogens (tertiary/aromatic N) is 1. The largest absolute Gasteiger partial charge is 0.393 e. The summed E-state index contributed by atoms with van der Waals surface area (Å²) in [5, 5.41) is 9.50. The van der Waals surface area contributed by atoms with E-state index in [1.165, 1.54) is 45.2 Å². The fraction of sp³-hybridized carbons (Fsp3) is 0.857. The van der Waals surface area contributed by atoms with Gasteiger partial charge in [0.15, 0.2) is 0 Å². The summed E-state index contributed by atoms with van der Waals surface area (Å²) in [6.07, 6.45) is 12.0. The highest BCUT2D eigenvalue weighted by molar-refractivity contribution is 4.92. The fourth-order valence-electron chi connectivity index (χ4n) is 3.15. The molecule has 2 nitrogen and oxygen atoms in total. The molecule has 0 amide bonds. The highest BCUT2D eigenvalue weighted by Gasteiger charge is 2.27. The molecule has 2 aliphatic rings. The molecule has 0 aromatic rings.